The number of anilines is 1. The second kappa shape index (κ2) is 8.15. The molecule has 142 valence electrons. The lowest BCUT2D eigenvalue weighted by Gasteiger charge is -2.34. The van der Waals surface area contributed by atoms with Crippen LogP contribution in [0.25, 0.3) is 10.9 Å². The Labute approximate surface area is 164 Å². The smallest absolute Gasteiger partial charge is 0.321 e. The number of amides is 2. The van der Waals surface area contributed by atoms with Gasteiger partial charge in [0.25, 0.3) is 0 Å². The zero-order valence-corrected chi connectivity index (χ0v) is 15.7. The molecule has 0 spiro atoms. The van der Waals surface area contributed by atoms with Gasteiger partial charge in [-0.2, -0.15) is 5.26 Å². The van der Waals surface area contributed by atoms with Crippen molar-refractivity contribution in [2.24, 2.45) is 0 Å². The molecule has 0 radical (unpaired) electrons. The van der Waals surface area contributed by atoms with Gasteiger partial charge in [-0.1, -0.05) is 30.3 Å². The van der Waals surface area contributed by atoms with Crippen LogP contribution in [0.5, 0.6) is 0 Å². The van der Waals surface area contributed by atoms with Gasteiger partial charge in [-0.3, -0.25) is 4.90 Å². The van der Waals surface area contributed by atoms with Crippen LogP contribution in [0.15, 0.2) is 54.7 Å². The number of hydrogen-bond acceptors (Lipinski definition) is 3. The number of benzene rings is 2. The van der Waals surface area contributed by atoms with Crippen LogP contribution in [0.1, 0.15) is 11.1 Å². The molecule has 2 aromatic carbocycles. The van der Waals surface area contributed by atoms with E-state index in [2.05, 4.69) is 45.7 Å². The lowest BCUT2D eigenvalue weighted by Crippen LogP contribution is -2.50. The average molecular weight is 373 g/mol. The lowest BCUT2D eigenvalue weighted by molar-refractivity contribution is 0.148. The topological polar surface area (TPSA) is 75.2 Å². The Bertz CT molecular complexity index is 1010. The van der Waals surface area contributed by atoms with E-state index in [1.54, 1.807) is 18.2 Å². The van der Waals surface area contributed by atoms with Crippen LogP contribution in [0, 0.1) is 11.3 Å². The molecule has 1 fully saturated rings. The van der Waals surface area contributed by atoms with Gasteiger partial charge in [-0.15, -0.1) is 0 Å². The van der Waals surface area contributed by atoms with Gasteiger partial charge in [-0.05, 0) is 30.2 Å². The van der Waals surface area contributed by atoms with Crippen molar-refractivity contribution in [1.29, 1.82) is 5.26 Å². The van der Waals surface area contributed by atoms with E-state index in [1.165, 1.54) is 16.5 Å². The monoisotopic (exact) mass is 373 g/mol. The summed E-state index contributed by atoms with van der Waals surface area (Å²) in [7, 11) is 0. The first-order valence-electron chi connectivity index (χ1n) is 9.57. The number of nitrogens with zero attached hydrogens (tertiary/aromatic N) is 3. The van der Waals surface area contributed by atoms with E-state index in [9.17, 15) is 4.79 Å². The molecule has 1 aromatic heterocycles. The van der Waals surface area contributed by atoms with Crippen molar-refractivity contribution in [3.8, 4) is 6.07 Å². The summed E-state index contributed by atoms with van der Waals surface area (Å²) in [4.78, 5) is 20.1. The maximum Gasteiger partial charge on any atom is 0.321 e. The number of hydrogen-bond donors (Lipinski definition) is 2. The molecule has 0 atom stereocenters. The summed E-state index contributed by atoms with van der Waals surface area (Å²) < 4.78 is 0. The molecule has 1 saturated heterocycles. The molecule has 2 N–H and O–H groups in total. The number of nitriles is 1. The Morgan fingerprint density at radius 3 is 2.64 bits per heavy atom. The Morgan fingerprint density at radius 2 is 1.82 bits per heavy atom. The van der Waals surface area contributed by atoms with Crippen LogP contribution in [0.4, 0.5) is 10.5 Å². The number of urea groups is 1. The minimum Gasteiger partial charge on any atom is -0.361 e. The number of nitrogens with one attached hydrogen (secondary N) is 2. The standard InChI is InChI=1S/C22H23N5O/c23-15-17-5-1-3-7-20(17)25-22(28)27-13-11-26(12-14-27)10-9-18-16-24-21-8-4-2-6-19(18)21/h1-8,16,24H,9-14H2,(H,25,28). The molecule has 1 aliphatic rings. The van der Waals surface area contributed by atoms with E-state index in [1.807, 2.05) is 17.0 Å². The molecule has 0 unspecified atom stereocenters. The van der Waals surface area contributed by atoms with Crippen molar-refractivity contribution in [2.75, 3.05) is 38.0 Å². The Kier molecular flexibility index (Phi) is 5.27. The maximum absolute atomic E-state index is 12.5. The fourth-order valence-corrected chi connectivity index (χ4v) is 3.68. The number of rotatable bonds is 4. The Balaban J connectivity index is 1.28. The van der Waals surface area contributed by atoms with Gasteiger partial charge in [0.1, 0.15) is 6.07 Å². The Morgan fingerprint density at radius 1 is 1.07 bits per heavy atom. The molecular weight excluding hydrogens is 350 g/mol. The van der Waals surface area contributed by atoms with Gasteiger partial charge in [0, 0.05) is 49.8 Å². The maximum atomic E-state index is 12.5. The van der Waals surface area contributed by atoms with Gasteiger partial charge in [-0.25, -0.2) is 4.79 Å². The highest BCUT2D eigenvalue weighted by atomic mass is 16.2. The van der Waals surface area contributed by atoms with E-state index in [-0.39, 0.29) is 6.03 Å². The van der Waals surface area contributed by atoms with Crippen LogP contribution in [-0.4, -0.2) is 53.5 Å². The van der Waals surface area contributed by atoms with E-state index in [0.29, 0.717) is 24.3 Å². The van der Waals surface area contributed by atoms with Crippen LogP contribution in [0.3, 0.4) is 0 Å². The third-order valence-electron chi connectivity index (χ3n) is 5.32. The lowest BCUT2D eigenvalue weighted by atomic mass is 10.1. The number of H-pyrrole nitrogens is 1. The first-order chi connectivity index (χ1) is 13.7. The Hall–Kier alpha value is -3.30. The number of carbonyl (C=O) groups is 1. The zero-order chi connectivity index (χ0) is 19.3. The summed E-state index contributed by atoms with van der Waals surface area (Å²) in [5, 5.41) is 13.3. The highest BCUT2D eigenvalue weighted by Gasteiger charge is 2.21. The van der Waals surface area contributed by atoms with E-state index in [0.717, 1.165) is 26.1 Å². The molecule has 3 aromatic rings. The highest BCUT2D eigenvalue weighted by Crippen LogP contribution is 2.19. The number of piperazine rings is 1. The molecule has 1 aliphatic heterocycles. The van der Waals surface area contributed by atoms with Crippen LogP contribution in [-0.2, 0) is 6.42 Å². The summed E-state index contributed by atoms with van der Waals surface area (Å²) in [6, 6.07) is 17.4. The first-order valence-corrected chi connectivity index (χ1v) is 9.57. The molecule has 2 heterocycles. The van der Waals surface area contributed by atoms with Crippen molar-refractivity contribution in [1.82, 2.24) is 14.8 Å². The minimum atomic E-state index is -0.140. The normalized spacial score (nSPS) is 14.8. The molecule has 4 rings (SSSR count). The van der Waals surface area contributed by atoms with Gasteiger partial charge in [0.15, 0.2) is 0 Å². The fourth-order valence-electron chi connectivity index (χ4n) is 3.68. The number of carbonyl (C=O) groups excluding carboxylic acids is 1. The summed E-state index contributed by atoms with van der Waals surface area (Å²) >= 11 is 0. The largest absolute Gasteiger partial charge is 0.361 e. The van der Waals surface area contributed by atoms with E-state index >= 15 is 0 Å². The third kappa shape index (κ3) is 3.85. The second-order valence-electron chi connectivity index (χ2n) is 7.03. The summed E-state index contributed by atoms with van der Waals surface area (Å²) in [5.74, 6) is 0. The quantitative estimate of drug-likeness (QED) is 0.736. The zero-order valence-electron chi connectivity index (χ0n) is 15.7. The molecule has 2 amide bonds. The minimum absolute atomic E-state index is 0.140. The fraction of sp³-hybridized carbons (Fsp3) is 0.273. The summed E-state index contributed by atoms with van der Waals surface area (Å²) in [6.07, 6.45) is 3.09. The molecule has 0 saturated carbocycles. The van der Waals surface area contributed by atoms with Crippen molar-refractivity contribution in [3.63, 3.8) is 0 Å². The second-order valence-corrected chi connectivity index (χ2v) is 7.03. The molecule has 28 heavy (non-hydrogen) atoms. The molecule has 0 aliphatic carbocycles. The van der Waals surface area contributed by atoms with E-state index < -0.39 is 0 Å². The van der Waals surface area contributed by atoms with E-state index in [4.69, 9.17) is 5.26 Å². The highest BCUT2D eigenvalue weighted by molar-refractivity contribution is 5.90. The molecular formula is C22H23N5O. The van der Waals surface area contributed by atoms with Crippen molar-refractivity contribution in [2.45, 2.75) is 6.42 Å². The van der Waals surface area contributed by atoms with Crippen molar-refractivity contribution in [3.05, 3.63) is 65.9 Å². The first kappa shape index (κ1) is 18.1. The number of para-hydroxylation sites is 2. The van der Waals surface area contributed by atoms with Crippen molar-refractivity contribution >= 4 is 22.6 Å². The number of aromatic amines is 1. The van der Waals surface area contributed by atoms with Gasteiger partial charge >= 0.3 is 6.03 Å². The summed E-state index contributed by atoms with van der Waals surface area (Å²) in [5.41, 5.74) is 3.56. The molecule has 6 heteroatoms. The number of aromatic nitrogens is 1. The summed E-state index contributed by atoms with van der Waals surface area (Å²) in [6.45, 7) is 4.07. The van der Waals surface area contributed by atoms with Gasteiger partial charge in [0.05, 0.1) is 11.3 Å². The van der Waals surface area contributed by atoms with Crippen LogP contribution >= 0.6 is 0 Å². The predicted molar refractivity (Wildman–Crippen MR) is 110 cm³/mol. The van der Waals surface area contributed by atoms with Crippen LogP contribution < -0.4 is 5.32 Å². The third-order valence-corrected chi connectivity index (χ3v) is 5.32. The van der Waals surface area contributed by atoms with Crippen LogP contribution in [0.2, 0.25) is 0 Å². The predicted octanol–water partition coefficient (Wildman–Crippen LogP) is 3.43. The number of fused-ring (bicyclic) bond motifs is 1. The SMILES string of the molecule is N#Cc1ccccc1NC(=O)N1CCN(CCc2c[nH]c3ccccc23)CC1. The average Bonchev–Trinajstić information content (AvgIpc) is 3.16. The van der Waals surface area contributed by atoms with Crippen molar-refractivity contribution < 1.29 is 4.79 Å². The molecule has 0 bridgehead atoms. The van der Waals surface area contributed by atoms with Gasteiger partial charge in [0.2, 0.25) is 0 Å². The molecule has 6 nitrogen and oxygen atoms in total. The van der Waals surface area contributed by atoms with Gasteiger partial charge < -0.3 is 15.2 Å².